The molecule has 290 valence electrons. The maximum absolute atomic E-state index is 14.6. The number of pyridine rings is 1. The van der Waals surface area contributed by atoms with Gasteiger partial charge in [-0.2, -0.15) is 0 Å². The first-order chi connectivity index (χ1) is 25.3. The van der Waals surface area contributed by atoms with Crippen LogP contribution in [0.25, 0.3) is 10.9 Å². The van der Waals surface area contributed by atoms with E-state index < -0.39 is 48.6 Å². The van der Waals surface area contributed by atoms with Crippen molar-refractivity contribution in [2.45, 2.75) is 97.9 Å². The number of benzene rings is 2. The van der Waals surface area contributed by atoms with Crippen molar-refractivity contribution in [2.24, 2.45) is 0 Å². The van der Waals surface area contributed by atoms with Gasteiger partial charge in [0.2, 0.25) is 11.8 Å². The summed E-state index contributed by atoms with van der Waals surface area (Å²) in [5.74, 6) is -1.00. The highest BCUT2D eigenvalue weighted by Gasteiger charge is 2.34. The van der Waals surface area contributed by atoms with Crippen LogP contribution in [-0.4, -0.2) is 84.2 Å². The number of hydroxylamine groups is 1. The number of carbonyl (C=O) groups is 4. The number of para-hydroxylation sites is 1. The zero-order valence-electron chi connectivity index (χ0n) is 31.4. The molecule has 14 nitrogen and oxygen atoms in total. The molecule has 0 bridgehead atoms. The van der Waals surface area contributed by atoms with Crippen LogP contribution in [0.4, 0.5) is 9.59 Å². The lowest BCUT2D eigenvalue weighted by Crippen LogP contribution is -2.55. The Labute approximate surface area is 316 Å². The fraction of sp³-hybridized carbons (Fsp3) is 0.500. The van der Waals surface area contributed by atoms with Crippen LogP contribution < -0.4 is 21.4 Å². The number of nitrogens with one attached hydrogen (secondary N) is 4. The van der Waals surface area contributed by atoms with Crippen molar-refractivity contribution in [2.75, 3.05) is 26.4 Å². The Balaban J connectivity index is 1.76. The van der Waals surface area contributed by atoms with Crippen LogP contribution >= 0.6 is 11.6 Å². The van der Waals surface area contributed by atoms with E-state index in [2.05, 4.69) is 26.4 Å². The van der Waals surface area contributed by atoms with Crippen LogP contribution in [0, 0.1) is 0 Å². The lowest BCUT2D eigenvalue weighted by atomic mass is 10.0. The Bertz CT molecular complexity index is 1610. The first-order valence-corrected chi connectivity index (χ1v) is 18.2. The van der Waals surface area contributed by atoms with Gasteiger partial charge in [0.05, 0.1) is 11.6 Å². The van der Waals surface area contributed by atoms with E-state index in [-0.39, 0.29) is 25.4 Å². The molecule has 0 fully saturated rings. The quantitative estimate of drug-likeness (QED) is 0.0650. The molecule has 1 aromatic heterocycles. The number of alkyl carbamates (subject to hydrolysis) is 1. The van der Waals surface area contributed by atoms with Crippen molar-refractivity contribution in [3.05, 3.63) is 76.9 Å². The van der Waals surface area contributed by atoms with Gasteiger partial charge in [-0.05, 0) is 90.1 Å². The monoisotopic (exact) mass is 756 g/mol. The van der Waals surface area contributed by atoms with Gasteiger partial charge in [-0.25, -0.2) is 15.1 Å². The minimum Gasteiger partial charge on any atom is -0.444 e. The maximum atomic E-state index is 14.6. The van der Waals surface area contributed by atoms with Crippen molar-refractivity contribution in [3.63, 3.8) is 0 Å². The lowest BCUT2D eigenvalue weighted by molar-refractivity contribution is -0.180. The third kappa shape index (κ3) is 15.2. The zero-order chi connectivity index (χ0) is 38.8. The van der Waals surface area contributed by atoms with Crippen LogP contribution in [0.5, 0.6) is 0 Å². The minimum atomic E-state index is -0.999. The lowest BCUT2D eigenvalue weighted by Gasteiger charge is -2.36. The molecule has 1 heterocycles. The standard InChI is InChI=1S/C38H53ClN6O8/c1-7-50-35(51-8-2)26(3)45(24-29-14-11-13-28-15-12-22-40-33(28)29)34(47)31(16-9-10-21-41-37(49)53-38(4,5)6)43-32(46)25-52-44-36(48)42-23-27-17-19-30(39)20-18-27/h11-15,17-20,22,26,31,35H,7-10,16,21,23-25H2,1-6H3,(H,41,49)(H,43,46)(H2,42,44,48)/t26-,31-/m0/s1. The van der Waals surface area contributed by atoms with E-state index in [0.29, 0.717) is 37.6 Å². The average molecular weight is 757 g/mol. The number of ether oxygens (including phenoxy) is 3. The summed E-state index contributed by atoms with van der Waals surface area (Å²) in [6.45, 7) is 11.7. The molecule has 53 heavy (non-hydrogen) atoms. The third-order valence-corrected chi connectivity index (χ3v) is 8.09. The Morgan fingerprint density at radius 3 is 2.30 bits per heavy atom. The van der Waals surface area contributed by atoms with E-state index >= 15 is 0 Å². The topological polar surface area (TPSA) is 169 Å². The molecule has 5 amide bonds. The number of fused-ring (bicyclic) bond motifs is 1. The number of unbranched alkanes of at least 4 members (excludes halogenated alkanes) is 1. The Kier molecular flexibility index (Phi) is 17.7. The summed E-state index contributed by atoms with van der Waals surface area (Å²) in [6, 6.07) is 14.3. The highest BCUT2D eigenvalue weighted by atomic mass is 35.5. The average Bonchev–Trinajstić information content (AvgIpc) is 3.11. The third-order valence-electron chi connectivity index (χ3n) is 7.84. The molecule has 4 N–H and O–H groups in total. The largest absolute Gasteiger partial charge is 0.444 e. The number of hydrogen-bond donors (Lipinski definition) is 4. The van der Waals surface area contributed by atoms with Crippen molar-refractivity contribution >= 4 is 46.4 Å². The molecule has 0 radical (unpaired) electrons. The molecule has 0 saturated heterocycles. The van der Waals surface area contributed by atoms with E-state index in [1.54, 1.807) is 56.1 Å². The van der Waals surface area contributed by atoms with E-state index in [0.717, 1.165) is 22.0 Å². The van der Waals surface area contributed by atoms with Crippen LogP contribution in [0.3, 0.4) is 0 Å². The Morgan fingerprint density at radius 2 is 1.62 bits per heavy atom. The van der Waals surface area contributed by atoms with Crippen molar-refractivity contribution in [3.8, 4) is 0 Å². The van der Waals surface area contributed by atoms with Crippen LogP contribution in [0.15, 0.2) is 60.8 Å². The predicted molar refractivity (Wildman–Crippen MR) is 202 cm³/mol. The molecule has 2 aromatic carbocycles. The summed E-state index contributed by atoms with van der Waals surface area (Å²) in [7, 11) is 0. The molecule has 0 aliphatic carbocycles. The van der Waals surface area contributed by atoms with Crippen molar-refractivity contribution in [1.82, 2.24) is 31.3 Å². The van der Waals surface area contributed by atoms with Gasteiger partial charge in [-0.3, -0.25) is 19.4 Å². The molecular formula is C38H53ClN6O8. The summed E-state index contributed by atoms with van der Waals surface area (Å²) in [5, 5.41) is 9.64. The first kappa shape index (κ1) is 42.9. The summed E-state index contributed by atoms with van der Waals surface area (Å²) in [4.78, 5) is 63.6. The number of urea groups is 1. The SMILES string of the molecule is CCOC(OCC)[C@H](C)N(Cc1cccc2cccnc12)C(=O)[C@H](CCCCNC(=O)OC(C)(C)C)NC(=O)CONC(=O)NCc1ccc(Cl)cc1. The number of halogens is 1. The number of carbonyl (C=O) groups excluding carboxylic acids is 4. The second kappa shape index (κ2) is 21.9. The van der Waals surface area contributed by atoms with E-state index in [1.165, 1.54) is 0 Å². The van der Waals surface area contributed by atoms with Gasteiger partial charge >= 0.3 is 12.1 Å². The van der Waals surface area contributed by atoms with Crippen LogP contribution in [-0.2, 0) is 41.7 Å². The zero-order valence-corrected chi connectivity index (χ0v) is 32.2. The normalized spacial score (nSPS) is 12.5. The summed E-state index contributed by atoms with van der Waals surface area (Å²) >= 11 is 5.91. The predicted octanol–water partition coefficient (Wildman–Crippen LogP) is 5.62. The molecular weight excluding hydrogens is 704 g/mol. The molecule has 0 saturated carbocycles. The summed E-state index contributed by atoms with van der Waals surface area (Å²) in [5.41, 5.74) is 3.92. The van der Waals surface area contributed by atoms with E-state index in [4.69, 9.17) is 30.6 Å². The van der Waals surface area contributed by atoms with Crippen LogP contribution in [0.1, 0.15) is 71.9 Å². The first-order valence-electron chi connectivity index (χ1n) is 17.8. The molecule has 3 aromatic rings. The molecule has 3 rings (SSSR count). The maximum Gasteiger partial charge on any atom is 0.407 e. The second-order valence-electron chi connectivity index (χ2n) is 13.2. The number of nitrogens with zero attached hydrogens (tertiary/aromatic N) is 2. The van der Waals surface area contributed by atoms with Gasteiger partial charge in [0.25, 0.3) is 0 Å². The second-order valence-corrected chi connectivity index (χ2v) is 13.7. The molecule has 0 aliphatic heterocycles. The van der Waals surface area contributed by atoms with E-state index in [1.807, 2.05) is 51.1 Å². The van der Waals surface area contributed by atoms with Gasteiger partial charge in [0.1, 0.15) is 11.6 Å². The van der Waals surface area contributed by atoms with Gasteiger partial charge < -0.3 is 35.1 Å². The van der Waals surface area contributed by atoms with E-state index in [9.17, 15) is 19.2 Å². The number of rotatable bonds is 20. The van der Waals surface area contributed by atoms with Gasteiger partial charge in [-0.1, -0.05) is 48.0 Å². The summed E-state index contributed by atoms with van der Waals surface area (Å²) in [6.07, 6.45) is 1.63. The molecule has 0 unspecified atom stereocenters. The minimum absolute atomic E-state index is 0.156. The number of amides is 5. The summed E-state index contributed by atoms with van der Waals surface area (Å²) < 4.78 is 17.1. The highest BCUT2D eigenvalue weighted by molar-refractivity contribution is 6.30. The molecule has 0 spiro atoms. The fourth-order valence-electron chi connectivity index (χ4n) is 5.36. The highest BCUT2D eigenvalue weighted by Crippen LogP contribution is 2.22. The number of hydrogen-bond acceptors (Lipinski definition) is 9. The number of aromatic nitrogens is 1. The Hall–Kier alpha value is -4.50. The van der Waals surface area contributed by atoms with Gasteiger partial charge in [0, 0.05) is 49.5 Å². The van der Waals surface area contributed by atoms with Crippen molar-refractivity contribution < 1.29 is 38.2 Å². The van der Waals surface area contributed by atoms with Crippen molar-refractivity contribution in [1.29, 1.82) is 0 Å². The van der Waals surface area contributed by atoms with Gasteiger partial charge in [-0.15, -0.1) is 0 Å². The Morgan fingerprint density at radius 1 is 0.925 bits per heavy atom. The van der Waals surface area contributed by atoms with Gasteiger partial charge in [0.15, 0.2) is 12.9 Å². The molecule has 2 atom stereocenters. The van der Waals surface area contributed by atoms with Crippen LogP contribution in [0.2, 0.25) is 5.02 Å². The fourth-order valence-corrected chi connectivity index (χ4v) is 5.49. The smallest absolute Gasteiger partial charge is 0.407 e. The molecule has 15 heteroatoms. The molecule has 0 aliphatic rings.